The third-order valence-electron chi connectivity index (χ3n) is 0.241. The molecule has 2 N–H and O–H groups in total. The summed E-state index contributed by atoms with van der Waals surface area (Å²) in [4.78, 5) is 0. The Bertz CT molecular complexity index is 159. The minimum absolute atomic E-state index is 0.130. The molecule has 0 heterocycles. The monoisotopic (exact) mass is 125 g/mol. The van der Waals surface area contributed by atoms with Crippen molar-refractivity contribution in [1.29, 1.82) is 0 Å². The van der Waals surface area contributed by atoms with Gasteiger partial charge < -0.3 is 0 Å². The fraction of sp³-hybridized carbons (Fsp3) is 0. The molecule has 42 valence electrons. The maximum Gasteiger partial charge on any atom is 0.233 e. The van der Waals surface area contributed by atoms with Gasteiger partial charge in [0.25, 0.3) is 0 Å². The van der Waals surface area contributed by atoms with Crippen LogP contribution >= 0.6 is 0 Å². The average molecular weight is 125 g/mol. The van der Waals surface area contributed by atoms with Gasteiger partial charge in [-0.15, -0.1) is 0 Å². The van der Waals surface area contributed by atoms with Crippen LogP contribution in [0.15, 0.2) is 11.7 Å². The maximum absolute atomic E-state index is 10.8. The van der Waals surface area contributed by atoms with E-state index >= 15 is 0 Å². The van der Waals surface area contributed by atoms with Crippen molar-refractivity contribution in [3.8, 4) is 0 Å². The van der Waals surface area contributed by atoms with Gasteiger partial charge in [-0.3, -0.25) is 0 Å². The second-order valence-electron chi connectivity index (χ2n) is 0.851. The molecule has 0 fully saturated rings. The van der Waals surface area contributed by atoms with Gasteiger partial charge in [0.1, 0.15) is 0 Å². The van der Waals surface area contributed by atoms with Crippen molar-refractivity contribution in [2.75, 3.05) is 0 Å². The summed E-state index contributed by atoms with van der Waals surface area (Å²) in [6, 6.07) is 0. The zero-order chi connectivity index (χ0) is 5.91. The molecule has 0 spiro atoms. The number of hydrogen-bond acceptors (Lipinski definition) is 2. The van der Waals surface area contributed by atoms with Gasteiger partial charge in [-0.05, 0) is 0 Å². The van der Waals surface area contributed by atoms with Gasteiger partial charge in [-0.2, -0.15) is 0 Å². The molecule has 0 saturated heterocycles. The van der Waals surface area contributed by atoms with E-state index in [-0.39, 0.29) is 11.7 Å². The van der Waals surface area contributed by atoms with Crippen molar-refractivity contribution in [3.63, 3.8) is 0 Å². The smallest absolute Gasteiger partial charge is 0.225 e. The van der Waals surface area contributed by atoms with E-state index in [9.17, 15) is 12.8 Å². The van der Waals surface area contributed by atoms with E-state index in [4.69, 9.17) is 0 Å². The number of primary sulfonamides is 1. The van der Waals surface area contributed by atoms with Gasteiger partial charge in [0, 0.05) is 0 Å². The highest BCUT2D eigenvalue weighted by atomic mass is 32.2. The molecule has 0 amide bonds. The second kappa shape index (κ2) is 2.04. The minimum atomic E-state index is -3.73. The van der Waals surface area contributed by atoms with E-state index in [0.717, 1.165) is 0 Å². The van der Waals surface area contributed by atoms with Crippen LogP contribution in [0.2, 0.25) is 0 Å². The highest BCUT2D eigenvalue weighted by Crippen LogP contribution is 1.78. The molecule has 0 aromatic heterocycles. The van der Waals surface area contributed by atoms with Crippen molar-refractivity contribution >= 4 is 10.0 Å². The molecule has 5 heteroatoms. The Balaban J connectivity index is 4.13. The van der Waals surface area contributed by atoms with Gasteiger partial charge in [-0.25, -0.2) is 17.9 Å². The highest BCUT2D eigenvalue weighted by Gasteiger charge is 1.89. The number of sulfonamides is 1. The van der Waals surface area contributed by atoms with Crippen LogP contribution in [0.1, 0.15) is 0 Å². The Morgan fingerprint density at radius 1 is 1.57 bits per heavy atom. The number of nitrogens with two attached hydrogens (primary N) is 1. The number of rotatable bonds is 1. The molecule has 0 aromatic carbocycles. The Morgan fingerprint density at radius 3 is 2.00 bits per heavy atom. The van der Waals surface area contributed by atoms with Crippen LogP contribution in [0, 0.1) is 0 Å². The molecule has 0 radical (unpaired) electrons. The van der Waals surface area contributed by atoms with E-state index in [2.05, 4.69) is 5.14 Å². The molecule has 3 nitrogen and oxygen atoms in total. The van der Waals surface area contributed by atoms with Gasteiger partial charge in [0.2, 0.25) is 10.0 Å². The van der Waals surface area contributed by atoms with Crippen LogP contribution in [0.3, 0.4) is 0 Å². The van der Waals surface area contributed by atoms with Crippen LogP contribution in [-0.2, 0) is 10.0 Å². The van der Waals surface area contributed by atoms with Crippen molar-refractivity contribution in [3.05, 3.63) is 11.7 Å². The van der Waals surface area contributed by atoms with E-state index in [1.54, 1.807) is 0 Å². The molecule has 0 aliphatic heterocycles. The molecular formula is C2H4FNO2S. The largest absolute Gasteiger partial charge is 0.233 e. The van der Waals surface area contributed by atoms with Crippen molar-refractivity contribution in [2.45, 2.75) is 0 Å². The summed E-state index contributed by atoms with van der Waals surface area (Å²) in [5, 5.41) is 4.56. The molecular weight excluding hydrogens is 121 g/mol. The van der Waals surface area contributed by atoms with Gasteiger partial charge in [0.05, 0.1) is 11.7 Å². The predicted molar refractivity (Wildman–Crippen MR) is 23.4 cm³/mol. The first-order valence-electron chi connectivity index (χ1n) is 1.36. The normalized spacial score (nSPS) is 12.9. The SMILES string of the molecule is NS(=O)(=O)C=CF. The van der Waals surface area contributed by atoms with Crippen molar-refractivity contribution in [1.82, 2.24) is 0 Å². The molecule has 7 heavy (non-hydrogen) atoms. The molecule has 0 unspecified atom stereocenters. The van der Waals surface area contributed by atoms with Gasteiger partial charge in [0.15, 0.2) is 0 Å². The quantitative estimate of drug-likeness (QED) is 0.523. The van der Waals surface area contributed by atoms with Crippen LogP contribution < -0.4 is 5.14 Å². The molecule has 0 aliphatic rings. The third kappa shape index (κ3) is 5.58. The average Bonchev–Trinajstić information content (AvgIpc) is 1.30. The first-order chi connectivity index (χ1) is 3.06. The Hall–Kier alpha value is -0.420. The highest BCUT2D eigenvalue weighted by molar-refractivity contribution is 7.92. The number of hydrogen-bond donors (Lipinski definition) is 1. The van der Waals surface area contributed by atoms with E-state index in [0.29, 0.717) is 0 Å². The summed E-state index contributed by atoms with van der Waals surface area (Å²) in [6.07, 6.45) is -0.130. The lowest BCUT2D eigenvalue weighted by Crippen LogP contribution is -2.06. The summed E-state index contributed by atoms with van der Waals surface area (Å²) >= 11 is 0. The zero-order valence-corrected chi connectivity index (χ0v) is 4.15. The molecule has 0 atom stereocenters. The fourth-order valence-electron chi connectivity index (χ4n) is 0.0717. The second-order valence-corrected chi connectivity index (χ2v) is 2.30. The Kier molecular flexibility index (Phi) is 1.91. The maximum atomic E-state index is 10.8. The van der Waals surface area contributed by atoms with Crippen LogP contribution in [0.5, 0.6) is 0 Å². The Morgan fingerprint density at radius 2 is 2.00 bits per heavy atom. The predicted octanol–water partition coefficient (Wildman–Crippen LogP) is -0.284. The lowest BCUT2D eigenvalue weighted by atomic mass is 11.2. The topological polar surface area (TPSA) is 60.2 Å². The standard InChI is InChI=1S/C2H4FNO2S/c3-1-2-7(4,5)6/h1-2H,(H2,4,5,6). The zero-order valence-electron chi connectivity index (χ0n) is 3.33. The first kappa shape index (κ1) is 6.58. The lowest BCUT2D eigenvalue weighted by Gasteiger charge is -1.76. The molecule has 0 aromatic rings. The van der Waals surface area contributed by atoms with Gasteiger partial charge in [-0.1, -0.05) is 0 Å². The summed E-state index contributed by atoms with van der Waals surface area (Å²) in [5.74, 6) is 0. The third-order valence-corrected chi connectivity index (χ3v) is 0.723. The molecule has 0 rings (SSSR count). The molecule has 0 saturated carbocycles. The summed E-state index contributed by atoms with van der Waals surface area (Å²) in [7, 11) is -3.73. The van der Waals surface area contributed by atoms with Gasteiger partial charge >= 0.3 is 0 Å². The van der Waals surface area contributed by atoms with Crippen molar-refractivity contribution in [2.24, 2.45) is 5.14 Å². The Labute approximate surface area is 40.7 Å². The summed E-state index contributed by atoms with van der Waals surface area (Å²) < 4.78 is 30.2. The van der Waals surface area contributed by atoms with Crippen LogP contribution in [0.4, 0.5) is 4.39 Å². The summed E-state index contributed by atoms with van der Waals surface area (Å²) in [6.45, 7) is 0. The van der Waals surface area contributed by atoms with Crippen LogP contribution in [0.25, 0.3) is 0 Å². The lowest BCUT2D eigenvalue weighted by molar-refractivity contribution is 0.605. The fourth-order valence-corrected chi connectivity index (χ4v) is 0.215. The number of halogens is 1. The van der Waals surface area contributed by atoms with E-state index < -0.39 is 10.0 Å². The molecule has 0 aliphatic carbocycles. The van der Waals surface area contributed by atoms with Crippen LogP contribution in [-0.4, -0.2) is 8.42 Å². The summed E-state index contributed by atoms with van der Waals surface area (Å²) in [5.41, 5.74) is 0. The minimum Gasteiger partial charge on any atom is -0.225 e. The first-order valence-corrected chi connectivity index (χ1v) is 2.97. The van der Waals surface area contributed by atoms with Crippen molar-refractivity contribution < 1.29 is 12.8 Å². The van der Waals surface area contributed by atoms with E-state index in [1.807, 2.05) is 0 Å². The molecule has 0 bridgehead atoms. The van der Waals surface area contributed by atoms with E-state index in [1.165, 1.54) is 0 Å².